The molecule has 2 aromatic heterocycles. The van der Waals surface area contributed by atoms with Gasteiger partial charge in [-0.3, -0.25) is 28.9 Å². The zero-order valence-electron chi connectivity index (χ0n) is 41.6. The highest BCUT2D eigenvalue weighted by Gasteiger charge is 2.45. The SMILES string of the molecule is Cc1ncsc1-c1ccc(CNC(=O)C2CC(O)CN2C(=O)[C@@H](NC(=O)C2CC2)C(C)(C)C)c(OCCN2CCN(CC(=O)Nc3cccc(Sc4cnc(N5CCC(C)(CN)CC5)cn4)c3Cl)C(=O)C2)c1. The van der Waals surface area contributed by atoms with Gasteiger partial charge in [-0.2, -0.15) is 0 Å². The molecule has 3 atom stereocenters. The van der Waals surface area contributed by atoms with Gasteiger partial charge in [0.1, 0.15) is 35.3 Å². The number of hydrogen-bond donors (Lipinski definition) is 5. The van der Waals surface area contributed by atoms with Gasteiger partial charge in [-0.25, -0.2) is 15.0 Å². The number of carbonyl (C=O) groups is 5. The average molecular weight is 1040 g/mol. The van der Waals surface area contributed by atoms with Crippen LogP contribution in [0.2, 0.25) is 5.02 Å². The van der Waals surface area contributed by atoms with Crippen LogP contribution in [0.3, 0.4) is 0 Å². The van der Waals surface area contributed by atoms with E-state index in [-0.39, 0.29) is 68.3 Å². The molecule has 1 saturated carbocycles. The predicted octanol–water partition coefficient (Wildman–Crippen LogP) is 4.96. The number of likely N-dealkylation sites (tertiary alicyclic amines) is 1. The Labute approximate surface area is 434 Å². The third-order valence-corrected chi connectivity index (χ3v) is 16.5. The van der Waals surface area contributed by atoms with Crippen molar-refractivity contribution in [3.63, 3.8) is 0 Å². The summed E-state index contributed by atoms with van der Waals surface area (Å²) in [6.45, 7) is 13.7. The highest BCUT2D eigenvalue weighted by Crippen LogP contribution is 2.38. The molecule has 3 aliphatic heterocycles. The Morgan fingerprint density at radius 3 is 2.49 bits per heavy atom. The van der Waals surface area contributed by atoms with Crippen molar-refractivity contribution < 1.29 is 33.8 Å². The molecule has 386 valence electrons. The first-order chi connectivity index (χ1) is 34.4. The maximum absolute atomic E-state index is 14.0. The number of β-amino-alcohol motifs (C(OH)–C–C–N with tert-alkyl or cyclic N) is 1. The summed E-state index contributed by atoms with van der Waals surface area (Å²) >= 11 is 9.66. The Morgan fingerprint density at radius 2 is 1.82 bits per heavy atom. The van der Waals surface area contributed by atoms with Crippen LogP contribution in [0.15, 0.2) is 64.2 Å². The number of rotatable bonds is 18. The van der Waals surface area contributed by atoms with Gasteiger partial charge >= 0.3 is 0 Å². The number of hydrogen-bond acceptors (Lipinski definition) is 15. The maximum Gasteiger partial charge on any atom is 0.246 e. The standard InChI is InChI=1S/C51H66ClN11O7S2/c1-31-45(71-30-57-31)33-11-12-34(23-56-48(68)37-22-35(64)26-63(37)49(69)46(50(2,3)4)59-47(67)32-9-10-32)38(21-33)70-20-19-60-17-18-62(43(66)28-60)27-41(65)58-36-7-6-8-39(44(36)52)72-42-25-54-40(24-55-42)61-15-13-51(5,29-53)14-16-61/h6-8,11-12,21,24-25,30,32,35,37,46,64H,9-10,13-20,22-23,26-29,53H2,1-5H3,(H,56,68)(H,58,65)(H,59,67)/t35?,37?,46-/m1/s1. The fraction of sp³-hybridized carbons (Fsp3) is 0.529. The maximum atomic E-state index is 14.0. The molecule has 0 spiro atoms. The van der Waals surface area contributed by atoms with E-state index in [1.54, 1.807) is 30.0 Å². The number of carbonyl (C=O) groups excluding carboxylic acids is 5. The highest BCUT2D eigenvalue weighted by atomic mass is 35.5. The molecule has 6 N–H and O–H groups in total. The second kappa shape index (κ2) is 22.8. The van der Waals surface area contributed by atoms with E-state index in [0.717, 1.165) is 60.7 Å². The molecule has 2 aromatic carbocycles. The third-order valence-electron chi connectivity index (χ3n) is 14.0. The second-order valence-corrected chi connectivity index (χ2v) is 23.0. The number of benzene rings is 2. The number of nitrogens with one attached hydrogen (secondary N) is 3. The molecule has 18 nitrogen and oxygen atoms in total. The van der Waals surface area contributed by atoms with E-state index in [9.17, 15) is 29.1 Å². The molecular formula is C51H66ClN11O7S2. The van der Waals surface area contributed by atoms with Crippen LogP contribution in [0.25, 0.3) is 10.4 Å². The molecule has 0 bridgehead atoms. The van der Waals surface area contributed by atoms with Crippen LogP contribution in [0.4, 0.5) is 11.5 Å². The lowest BCUT2D eigenvalue weighted by Gasteiger charge is -2.39. The number of thiazole rings is 1. The minimum absolute atomic E-state index is 0.0179. The number of piperidine rings is 1. The topological polar surface area (TPSA) is 229 Å². The van der Waals surface area contributed by atoms with Gasteiger partial charge in [0.25, 0.3) is 0 Å². The van der Waals surface area contributed by atoms with Crippen molar-refractivity contribution in [2.24, 2.45) is 22.5 Å². The number of piperazine rings is 1. The summed E-state index contributed by atoms with van der Waals surface area (Å²) < 4.78 is 6.40. The number of nitrogens with two attached hydrogens (primary N) is 1. The molecule has 4 aromatic rings. The summed E-state index contributed by atoms with van der Waals surface area (Å²) in [5, 5.41) is 20.5. The van der Waals surface area contributed by atoms with E-state index >= 15 is 0 Å². The molecule has 5 heterocycles. The van der Waals surface area contributed by atoms with E-state index in [2.05, 4.69) is 42.7 Å². The van der Waals surface area contributed by atoms with Crippen LogP contribution in [0.1, 0.15) is 71.1 Å². The Bertz CT molecular complexity index is 2620. The Hall–Kier alpha value is -5.38. The molecule has 5 amide bonds. The predicted molar refractivity (Wildman–Crippen MR) is 278 cm³/mol. The summed E-state index contributed by atoms with van der Waals surface area (Å²) in [5.74, 6) is -0.291. The quantitative estimate of drug-likeness (QED) is 0.0888. The molecule has 4 aliphatic rings. The number of nitrogens with zero attached hydrogens (tertiary/aromatic N) is 7. The summed E-state index contributed by atoms with van der Waals surface area (Å²) in [6, 6.07) is 9.32. The highest BCUT2D eigenvalue weighted by molar-refractivity contribution is 7.99. The van der Waals surface area contributed by atoms with Crippen LogP contribution >= 0.6 is 34.7 Å². The molecule has 8 rings (SSSR count). The van der Waals surface area contributed by atoms with Crippen LogP contribution in [-0.4, -0.2) is 148 Å². The van der Waals surface area contributed by atoms with Gasteiger partial charge in [0, 0.05) is 68.6 Å². The zero-order chi connectivity index (χ0) is 51.3. The van der Waals surface area contributed by atoms with Crippen molar-refractivity contribution in [1.82, 2.24) is 40.3 Å². The zero-order valence-corrected chi connectivity index (χ0v) is 44.0. The third kappa shape index (κ3) is 13.0. The number of aromatic nitrogens is 3. The lowest BCUT2D eigenvalue weighted by atomic mass is 9.80. The molecule has 4 fully saturated rings. The summed E-state index contributed by atoms with van der Waals surface area (Å²) in [6.07, 6.45) is 6.26. The van der Waals surface area contributed by atoms with Crippen LogP contribution in [0.5, 0.6) is 5.75 Å². The van der Waals surface area contributed by atoms with E-state index in [4.69, 9.17) is 22.1 Å². The van der Waals surface area contributed by atoms with Gasteiger partial charge < -0.3 is 46.2 Å². The van der Waals surface area contributed by atoms with Gasteiger partial charge in [-0.15, -0.1) is 11.3 Å². The molecule has 21 heteroatoms. The number of anilines is 2. The number of aryl methyl sites for hydroxylation is 1. The van der Waals surface area contributed by atoms with Gasteiger partial charge in [0.2, 0.25) is 29.5 Å². The fourth-order valence-electron chi connectivity index (χ4n) is 9.15. The van der Waals surface area contributed by atoms with Crippen LogP contribution in [-0.2, 0) is 30.5 Å². The number of ether oxygens (including phenoxy) is 1. The first kappa shape index (κ1) is 52.9. The number of aliphatic hydroxyl groups excluding tert-OH is 1. The van der Waals surface area contributed by atoms with Crippen molar-refractivity contribution in [2.45, 2.75) is 101 Å². The van der Waals surface area contributed by atoms with Gasteiger partial charge in [-0.05, 0) is 73.7 Å². The van der Waals surface area contributed by atoms with E-state index < -0.39 is 35.4 Å². The number of amides is 5. The Kier molecular flexibility index (Phi) is 16.8. The van der Waals surface area contributed by atoms with Crippen molar-refractivity contribution in [1.29, 1.82) is 0 Å². The van der Waals surface area contributed by atoms with Gasteiger partial charge in [-0.1, -0.05) is 69.3 Å². The van der Waals surface area contributed by atoms with E-state index in [0.29, 0.717) is 58.1 Å². The minimum Gasteiger partial charge on any atom is -0.492 e. The Balaban J connectivity index is 0.831. The van der Waals surface area contributed by atoms with Crippen molar-refractivity contribution in [2.75, 3.05) is 75.7 Å². The molecule has 3 saturated heterocycles. The molecule has 72 heavy (non-hydrogen) atoms. The largest absolute Gasteiger partial charge is 0.492 e. The average Bonchev–Trinajstić information content (AvgIpc) is 4.01. The lowest BCUT2D eigenvalue weighted by molar-refractivity contribution is -0.144. The van der Waals surface area contributed by atoms with E-state index in [1.165, 1.54) is 32.9 Å². The first-order valence-electron chi connectivity index (χ1n) is 24.6. The second-order valence-electron chi connectivity index (χ2n) is 20.7. The summed E-state index contributed by atoms with van der Waals surface area (Å²) in [4.78, 5) is 89.9. The Morgan fingerprint density at radius 1 is 1.04 bits per heavy atom. The summed E-state index contributed by atoms with van der Waals surface area (Å²) in [5.41, 5.74) is 10.2. The van der Waals surface area contributed by atoms with Crippen LogP contribution in [0, 0.1) is 23.7 Å². The van der Waals surface area contributed by atoms with E-state index in [1.807, 2.05) is 56.9 Å². The molecule has 2 unspecified atom stereocenters. The molecule has 1 aliphatic carbocycles. The lowest BCUT2D eigenvalue weighted by Crippen LogP contribution is -2.58. The normalized spacial score (nSPS) is 19.8. The number of halogens is 1. The number of aliphatic hydroxyl groups is 1. The van der Waals surface area contributed by atoms with Gasteiger partial charge in [0.05, 0.1) is 58.4 Å². The van der Waals surface area contributed by atoms with Crippen molar-refractivity contribution >= 4 is 75.7 Å². The van der Waals surface area contributed by atoms with Crippen molar-refractivity contribution in [3.05, 3.63) is 70.6 Å². The minimum atomic E-state index is -0.931. The smallest absolute Gasteiger partial charge is 0.246 e. The van der Waals surface area contributed by atoms with Crippen LogP contribution < -0.4 is 31.3 Å². The molecule has 0 radical (unpaired) electrons. The molecular weight excluding hydrogens is 978 g/mol. The monoisotopic (exact) mass is 1040 g/mol. The summed E-state index contributed by atoms with van der Waals surface area (Å²) in [7, 11) is 0. The first-order valence-corrected chi connectivity index (χ1v) is 26.7. The van der Waals surface area contributed by atoms with Crippen molar-refractivity contribution in [3.8, 4) is 16.2 Å². The van der Waals surface area contributed by atoms with Gasteiger partial charge in [0.15, 0.2) is 0 Å². The fourth-order valence-corrected chi connectivity index (χ4v) is 11.0.